The van der Waals surface area contributed by atoms with E-state index in [9.17, 15) is 12.8 Å². The molecule has 0 unspecified atom stereocenters. The first-order chi connectivity index (χ1) is 18.2. The van der Waals surface area contributed by atoms with Crippen LogP contribution in [0.15, 0.2) is 42.7 Å². The number of nitrogens with zero attached hydrogens (tertiary/aromatic N) is 5. The van der Waals surface area contributed by atoms with Gasteiger partial charge in [0.05, 0.1) is 22.9 Å². The molecule has 0 radical (unpaired) electrons. The number of benzene rings is 1. The molecule has 0 amide bonds. The Morgan fingerprint density at radius 1 is 1.16 bits per heavy atom. The number of halogens is 1. The molecule has 1 aliphatic rings. The zero-order valence-corrected chi connectivity index (χ0v) is 23.6. The second-order valence-electron chi connectivity index (χ2n) is 9.98. The number of thiazole rings is 1. The number of rotatable bonds is 9. The van der Waals surface area contributed by atoms with Crippen molar-refractivity contribution in [2.24, 2.45) is 0 Å². The van der Waals surface area contributed by atoms with E-state index in [1.54, 1.807) is 24.5 Å². The molecule has 0 bridgehead atoms. The summed E-state index contributed by atoms with van der Waals surface area (Å²) in [5, 5.41) is 4.75. The van der Waals surface area contributed by atoms with Crippen LogP contribution >= 0.6 is 11.3 Å². The van der Waals surface area contributed by atoms with Gasteiger partial charge in [-0.25, -0.2) is 22.8 Å². The Morgan fingerprint density at radius 3 is 2.66 bits per heavy atom. The average molecular weight is 557 g/mol. The van der Waals surface area contributed by atoms with Crippen molar-refractivity contribution in [3.63, 3.8) is 0 Å². The van der Waals surface area contributed by atoms with Gasteiger partial charge < -0.3 is 15.1 Å². The molecule has 0 spiro atoms. The van der Waals surface area contributed by atoms with Crippen molar-refractivity contribution in [3.8, 4) is 16.4 Å². The summed E-state index contributed by atoms with van der Waals surface area (Å²) in [5.41, 5.74) is 3.83. The third-order valence-corrected chi connectivity index (χ3v) is 9.44. The second kappa shape index (κ2) is 11.1. The van der Waals surface area contributed by atoms with Crippen LogP contribution in [0.2, 0.25) is 0 Å². The molecule has 0 saturated carbocycles. The third-order valence-electron chi connectivity index (χ3n) is 6.85. The van der Waals surface area contributed by atoms with Gasteiger partial charge in [-0.2, -0.15) is 0 Å². The Kier molecular flexibility index (Phi) is 7.80. The fourth-order valence-electron chi connectivity index (χ4n) is 4.81. The minimum absolute atomic E-state index is 0.244. The summed E-state index contributed by atoms with van der Waals surface area (Å²) in [7, 11) is 2.89. The molecule has 1 aromatic carbocycles. The highest BCUT2D eigenvalue weighted by molar-refractivity contribution is 7.91. The Bertz CT molecular complexity index is 1530. The van der Waals surface area contributed by atoms with Crippen LogP contribution < -0.4 is 5.32 Å². The number of hydrogen-bond acceptors (Lipinski definition) is 8. The number of nitrogens with one attached hydrogen (secondary N) is 1. The number of hydrogen-bond donors (Lipinski definition) is 1. The standard InChI is InChI=1S/C27H33FN6O2S2/c1-29-25-8-6-19(15-23(25)28)24-9-7-22-20(5-4-10-33-11-13-38(35,36)14-12-33)17-34(26(22)31-24)27-30-16-21(37-27)18-32(2)3/h6-9,15-17,29H,4-5,10-14,18H2,1-3H3. The van der Waals surface area contributed by atoms with Crippen LogP contribution in [0.3, 0.4) is 0 Å². The second-order valence-corrected chi connectivity index (χ2v) is 13.4. The number of aryl methyl sites for hydroxylation is 1. The van der Waals surface area contributed by atoms with Gasteiger partial charge in [0.1, 0.15) is 11.5 Å². The van der Waals surface area contributed by atoms with E-state index in [0.717, 1.165) is 47.0 Å². The summed E-state index contributed by atoms with van der Waals surface area (Å²) in [6.07, 6.45) is 5.78. The van der Waals surface area contributed by atoms with E-state index in [1.807, 2.05) is 37.0 Å². The van der Waals surface area contributed by atoms with Crippen molar-refractivity contribution in [2.45, 2.75) is 19.4 Å². The molecule has 1 aliphatic heterocycles. The molecule has 38 heavy (non-hydrogen) atoms. The van der Waals surface area contributed by atoms with E-state index >= 15 is 0 Å². The maximum Gasteiger partial charge on any atom is 0.195 e. The zero-order chi connectivity index (χ0) is 26.9. The van der Waals surface area contributed by atoms with Gasteiger partial charge in [0.25, 0.3) is 0 Å². The number of anilines is 1. The predicted molar refractivity (Wildman–Crippen MR) is 152 cm³/mol. The topological polar surface area (TPSA) is 83.4 Å². The molecule has 1 N–H and O–H groups in total. The van der Waals surface area contributed by atoms with E-state index in [0.29, 0.717) is 30.0 Å². The third kappa shape index (κ3) is 5.90. The van der Waals surface area contributed by atoms with Crippen LogP contribution in [0, 0.1) is 5.82 Å². The summed E-state index contributed by atoms with van der Waals surface area (Å²) in [6, 6.07) is 9.11. The molecule has 1 fully saturated rings. The number of aromatic nitrogens is 3. The number of sulfone groups is 1. The minimum Gasteiger partial charge on any atom is -0.386 e. The van der Waals surface area contributed by atoms with E-state index in [2.05, 4.69) is 27.4 Å². The Hall–Kier alpha value is -2.86. The molecule has 5 rings (SSSR count). The lowest BCUT2D eigenvalue weighted by molar-refractivity contribution is 0.292. The van der Waals surface area contributed by atoms with Crippen LogP contribution in [0.4, 0.5) is 10.1 Å². The number of fused-ring (bicyclic) bond motifs is 1. The molecule has 4 aromatic rings. The summed E-state index contributed by atoms with van der Waals surface area (Å²) in [4.78, 5) is 15.2. The SMILES string of the molecule is CNc1ccc(-c2ccc3c(CCCN4CCS(=O)(=O)CC4)cn(-c4ncc(CN(C)C)s4)c3n2)cc1F. The lowest BCUT2D eigenvalue weighted by atomic mass is 10.1. The summed E-state index contributed by atoms with van der Waals surface area (Å²) in [5.74, 6) is 0.171. The molecule has 8 nitrogen and oxygen atoms in total. The molecule has 4 heterocycles. The minimum atomic E-state index is -2.88. The highest BCUT2D eigenvalue weighted by atomic mass is 32.2. The molecule has 0 aliphatic carbocycles. The smallest absolute Gasteiger partial charge is 0.195 e. The normalized spacial score (nSPS) is 15.9. The lowest BCUT2D eigenvalue weighted by Gasteiger charge is -2.26. The highest BCUT2D eigenvalue weighted by Crippen LogP contribution is 2.31. The molecule has 202 valence electrons. The number of pyridine rings is 1. The maximum atomic E-state index is 14.5. The fourth-order valence-corrected chi connectivity index (χ4v) is 7.09. The van der Waals surface area contributed by atoms with Crippen LogP contribution in [0.25, 0.3) is 27.4 Å². The molecular weight excluding hydrogens is 523 g/mol. The Labute approximate surface area is 227 Å². The zero-order valence-electron chi connectivity index (χ0n) is 21.9. The maximum absolute atomic E-state index is 14.5. The van der Waals surface area contributed by atoms with Crippen molar-refractivity contribution >= 4 is 37.9 Å². The van der Waals surface area contributed by atoms with Gasteiger partial charge in [-0.3, -0.25) is 4.57 Å². The van der Waals surface area contributed by atoms with Gasteiger partial charge in [0, 0.05) is 54.9 Å². The Morgan fingerprint density at radius 2 is 1.95 bits per heavy atom. The van der Waals surface area contributed by atoms with Crippen molar-refractivity contribution < 1.29 is 12.8 Å². The first-order valence-electron chi connectivity index (χ1n) is 12.7. The van der Waals surface area contributed by atoms with Gasteiger partial charge in [-0.15, -0.1) is 0 Å². The monoisotopic (exact) mass is 556 g/mol. The highest BCUT2D eigenvalue weighted by Gasteiger charge is 2.21. The molecule has 1 saturated heterocycles. The van der Waals surface area contributed by atoms with Gasteiger partial charge in [0.2, 0.25) is 0 Å². The van der Waals surface area contributed by atoms with Crippen LogP contribution in [0.5, 0.6) is 0 Å². The van der Waals surface area contributed by atoms with Crippen molar-refractivity contribution in [1.29, 1.82) is 0 Å². The van der Waals surface area contributed by atoms with Gasteiger partial charge in [-0.1, -0.05) is 17.4 Å². The van der Waals surface area contributed by atoms with Gasteiger partial charge in [-0.05, 0) is 63.3 Å². The van der Waals surface area contributed by atoms with Crippen molar-refractivity contribution in [3.05, 3.63) is 59.0 Å². The fraction of sp³-hybridized carbons (Fsp3) is 0.407. The molecule has 0 atom stereocenters. The van der Waals surface area contributed by atoms with Crippen molar-refractivity contribution in [2.75, 3.05) is 57.6 Å². The first-order valence-corrected chi connectivity index (χ1v) is 15.4. The summed E-state index contributed by atoms with van der Waals surface area (Å²) >= 11 is 1.63. The summed E-state index contributed by atoms with van der Waals surface area (Å²) in [6.45, 7) is 2.87. The average Bonchev–Trinajstić information content (AvgIpc) is 3.48. The predicted octanol–water partition coefficient (Wildman–Crippen LogP) is 4.05. The van der Waals surface area contributed by atoms with Crippen LogP contribution in [-0.2, 0) is 22.8 Å². The largest absolute Gasteiger partial charge is 0.386 e. The molecule has 11 heteroatoms. The lowest BCUT2D eigenvalue weighted by Crippen LogP contribution is -2.40. The molecular formula is C27H33FN6O2S2. The van der Waals surface area contributed by atoms with E-state index < -0.39 is 9.84 Å². The van der Waals surface area contributed by atoms with E-state index in [4.69, 9.17) is 9.97 Å². The van der Waals surface area contributed by atoms with E-state index in [1.165, 1.54) is 11.6 Å². The summed E-state index contributed by atoms with van der Waals surface area (Å²) < 4.78 is 40.0. The van der Waals surface area contributed by atoms with Crippen LogP contribution in [0.1, 0.15) is 16.9 Å². The van der Waals surface area contributed by atoms with Gasteiger partial charge in [0.15, 0.2) is 15.0 Å². The first kappa shape index (κ1) is 26.7. The van der Waals surface area contributed by atoms with Gasteiger partial charge >= 0.3 is 0 Å². The van der Waals surface area contributed by atoms with Crippen molar-refractivity contribution in [1.82, 2.24) is 24.3 Å². The van der Waals surface area contributed by atoms with Crippen LogP contribution in [-0.4, -0.2) is 85.0 Å². The Balaban J connectivity index is 1.45. The molecule has 3 aromatic heterocycles. The van der Waals surface area contributed by atoms with E-state index in [-0.39, 0.29) is 17.3 Å². The quantitative estimate of drug-likeness (QED) is 0.333.